The molecule has 2 N–H and O–H groups in total. The Labute approximate surface area is 82.6 Å². The number of nitrogens with two attached hydrogens (primary N) is 1. The number of aliphatic imine (C=N–C) groups is 1. The summed E-state index contributed by atoms with van der Waals surface area (Å²) in [6.07, 6.45) is 4.60. The first-order valence-electron chi connectivity index (χ1n) is 5.38. The van der Waals surface area contributed by atoms with Crippen molar-refractivity contribution < 1.29 is 0 Å². The Morgan fingerprint density at radius 1 is 1.23 bits per heavy atom. The first-order chi connectivity index (χ1) is 6.06. The summed E-state index contributed by atoms with van der Waals surface area (Å²) in [6, 6.07) is 0.402. The van der Waals surface area contributed by atoms with Crippen LogP contribution in [-0.2, 0) is 0 Å². The standard InChI is InChI=1S/C11H24N2/c1-5-11(12)13-10(4)8-6-7-9(2)3/h9-10H,5-8H2,1-4H3,(H2,12,13). The zero-order chi connectivity index (χ0) is 10.3. The van der Waals surface area contributed by atoms with Crippen LogP contribution in [0.3, 0.4) is 0 Å². The van der Waals surface area contributed by atoms with Gasteiger partial charge in [0.05, 0.1) is 5.84 Å². The van der Waals surface area contributed by atoms with Gasteiger partial charge in [0.25, 0.3) is 0 Å². The lowest BCUT2D eigenvalue weighted by atomic mass is 10.0. The smallest absolute Gasteiger partial charge is 0.0937 e. The molecule has 13 heavy (non-hydrogen) atoms. The third-order valence-electron chi connectivity index (χ3n) is 2.15. The van der Waals surface area contributed by atoms with E-state index in [0.717, 1.165) is 18.2 Å². The topological polar surface area (TPSA) is 38.4 Å². The molecule has 2 nitrogen and oxygen atoms in total. The van der Waals surface area contributed by atoms with Gasteiger partial charge in [-0.2, -0.15) is 0 Å². The molecule has 0 aliphatic heterocycles. The van der Waals surface area contributed by atoms with Crippen LogP contribution in [0.2, 0.25) is 0 Å². The molecule has 0 fully saturated rings. The molecule has 0 aromatic rings. The monoisotopic (exact) mass is 184 g/mol. The molecule has 1 unspecified atom stereocenters. The maximum atomic E-state index is 5.66. The fourth-order valence-corrected chi connectivity index (χ4v) is 1.26. The molecule has 0 radical (unpaired) electrons. The van der Waals surface area contributed by atoms with Crippen LogP contribution in [0.15, 0.2) is 4.99 Å². The van der Waals surface area contributed by atoms with E-state index in [2.05, 4.69) is 25.8 Å². The summed E-state index contributed by atoms with van der Waals surface area (Å²) in [5.74, 6) is 1.59. The van der Waals surface area contributed by atoms with E-state index in [1.54, 1.807) is 0 Å². The van der Waals surface area contributed by atoms with Crippen molar-refractivity contribution in [1.29, 1.82) is 0 Å². The van der Waals surface area contributed by atoms with Crippen molar-refractivity contribution in [3.63, 3.8) is 0 Å². The first-order valence-corrected chi connectivity index (χ1v) is 5.38. The van der Waals surface area contributed by atoms with Gasteiger partial charge >= 0.3 is 0 Å². The van der Waals surface area contributed by atoms with Crippen LogP contribution in [0.5, 0.6) is 0 Å². The average molecular weight is 184 g/mol. The lowest BCUT2D eigenvalue weighted by molar-refractivity contribution is 0.511. The molecule has 0 aliphatic carbocycles. The molecule has 0 aromatic carbocycles. The fourth-order valence-electron chi connectivity index (χ4n) is 1.26. The van der Waals surface area contributed by atoms with E-state index < -0.39 is 0 Å². The molecule has 2 heteroatoms. The fraction of sp³-hybridized carbons (Fsp3) is 0.909. The lowest BCUT2D eigenvalue weighted by Crippen LogP contribution is -2.13. The minimum atomic E-state index is 0.402. The first kappa shape index (κ1) is 12.5. The van der Waals surface area contributed by atoms with E-state index >= 15 is 0 Å². The van der Waals surface area contributed by atoms with Gasteiger partial charge in [0.2, 0.25) is 0 Å². The predicted molar refractivity (Wildman–Crippen MR) is 60.1 cm³/mol. The number of hydrogen-bond acceptors (Lipinski definition) is 1. The Hall–Kier alpha value is -0.530. The van der Waals surface area contributed by atoms with Gasteiger partial charge in [0.15, 0.2) is 0 Å². The summed E-state index contributed by atoms with van der Waals surface area (Å²) in [5.41, 5.74) is 5.66. The molecule has 0 heterocycles. The van der Waals surface area contributed by atoms with Crippen LogP contribution < -0.4 is 5.73 Å². The molecule has 0 amide bonds. The normalized spacial score (nSPS) is 15.0. The SMILES string of the molecule is CCC(N)=NC(C)CCCC(C)C. The number of hydrogen-bond donors (Lipinski definition) is 1. The van der Waals surface area contributed by atoms with Crippen molar-refractivity contribution in [3.05, 3.63) is 0 Å². The van der Waals surface area contributed by atoms with Gasteiger partial charge in [-0.05, 0) is 19.3 Å². The molecule has 0 spiro atoms. The quantitative estimate of drug-likeness (QED) is 0.500. The molecule has 0 rings (SSSR count). The van der Waals surface area contributed by atoms with E-state index in [1.165, 1.54) is 19.3 Å². The second kappa shape index (κ2) is 6.93. The van der Waals surface area contributed by atoms with E-state index in [4.69, 9.17) is 5.73 Å². The van der Waals surface area contributed by atoms with E-state index in [0.29, 0.717) is 6.04 Å². The summed E-state index contributed by atoms with van der Waals surface area (Å²) in [6.45, 7) is 8.70. The molecule has 1 atom stereocenters. The molecule has 0 saturated carbocycles. The molecule has 0 bridgehead atoms. The largest absolute Gasteiger partial charge is 0.387 e. The molecule has 0 aliphatic rings. The number of rotatable bonds is 6. The van der Waals surface area contributed by atoms with Gasteiger partial charge in [-0.3, -0.25) is 4.99 Å². The molecule has 0 aromatic heterocycles. The van der Waals surface area contributed by atoms with Crippen LogP contribution in [-0.4, -0.2) is 11.9 Å². The van der Waals surface area contributed by atoms with Gasteiger partial charge in [-0.15, -0.1) is 0 Å². The molecular weight excluding hydrogens is 160 g/mol. The highest BCUT2D eigenvalue weighted by Gasteiger charge is 2.01. The van der Waals surface area contributed by atoms with Gasteiger partial charge in [-0.25, -0.2) is 0 Å². The zero-order valence-corrected chi connectivity index (χ0v) is 9.51. The van der Waals surface area contributed by atoms with Crippen LogP contribution in [0.4, 0.5) is 0 Å². The van der Waals surface area contributed by atoms with E-state index in [-0.39, 0.29) is 0 Å². The van der Waals surface area contributed by atoms with Crippen LogP contribution in [0.1, 0.15) is 53.4 Å². The van der Waals surface area contributed by atoms with Crippen molar-refractivity contribution in [3.8, 4) is 0 Å². The number of nitrogens with zero attached hydrogens (tertiary/aromatic N) is 1. The average Bonchev–Trinajstić information content (AvgIpc) is 2.03. The summed E-state index contributed by atoms with van der Waals surface area (Å²) >= 11 is 0. The Kier molecular flexibility index (Phi) is 6.65. The Balaban J connectivity index is 3.57. The Morgan fingerprint density at radius 2 is 1.85 bits per heavy atom. The van der Waals surface area contributed by atoms with Crippen molar-refractivity contribution in [1.82, 2.24) is 0 Å². The van der Waals surface area contributed by atoms with Crippen LogP contribution >= 0.6 is 0 Å². The number of amidine groups is 1. The summed E-state index contributed by atoms with van der Waals surface area (Å²) in [4.78, 5) is 4.39. The Morgan fingerprint density at radius 3 is 2.31 bits per heavy atom. The van der Waals surface area contributed by atoms with E-state index in [1.807, 2.05) is 6.92 Å². The maximum absolute atomic E-state index is 5.66. The predicted octanol–water partition coefficient (Wildman–Crippen LogP) is 2.97. The van der Waals surface area contributed by atoms with Crippen LogP contribution in [0.25, 0.3) is 0 Å². The third-order valence-corrected chi connectivity index (χ3v) is 2.15. The van der Waals surface area contributed by atoms with Gasteiger partial charge in [-0.1, -0.05) is 33.6 Å². The van der Waals surface area contributed by atoms with Crippen molar-refractivity contribution in [2.75, 3.05) is 0 Å². The van der Waals surface area contributed by atoms with Gasteiger partial charge in [0, 0.05) is 12.5 Å². The minimum Gasteiger partial charge on any atom is -0.387 e. The molecule has 0 saturated heterocycles. The van der Waals surface area contributed by atoms with Gasteiger partial charge < -0.3 is 5.73 Å². The summed E-state index contributed by atoms with van der Waals surface area (Å²) in [5, 5.41) is 0. The summed E-state index contributed by atoms with van der Waals surface area (Å²) < 4.78 is 0. The van der Waals surface area contributed by atoms with Crippen LogP contribution in [0, 0.1) is 5.92 Å². The highest BCUT2D eigenvalue weighted by Crippen LogP contribution is 2.10. The lowest BCUT2D eigenvalue weighted by Gasteiger charge is -2.08. The van der Waals surface area contributed by atoms with Crippen molar-refractivity contribution in [2.24, 2.45) is 16.6 Å². The van der Waals surface area contributed by atoms with Gasteiger partial charge in [0.1, 0.15) is 0 Å². The zero-order valence-electron chi connectivity index (χ0n) is 9.51. The highest BCUT2D eigenvalue weighted by molar-refractivity contribution is 5.80. The van der Waals surface area contributed by atoms with Crippen molar-refractivity contribution in [2.45, 2.75) is 59.4 Å². The minimum absolute atomic E-state index is 0.402. The summed E-state index contributed by atoms with van der Waals surface area (Å²) in [7, 11) is 0. The highest BCUT2D eigenvalue weighted by atomic mass is 14.9. The second-order valence-corrected chi connectivity index (χ2v) is 4.15. The second-order valence-electron chi connectivity index (χ2n) is 4.15. The van der Waals surface area contributed by atoms with Crippen molar-refractivity contribution >= 4 is 5.84 Å². The van der Waals surface area contributed by atoms with E-state index in [9.17, 15) is 0 Å². The third kappa shape index (κ3) is 7.82. The molecular formula is C11H24N2. The molecule has 78 valence electrons. The Bertz CT molecular complexity index is 150. The maximum Gasteiger partial charge on any atom is 0.0937 e.